The van der Waals surface area contributed by atoms with E-state index in [9.17, 15) is 0 Å². The van der Waals surface area contributed by atoms with Crippen LogP contribution in [-0.2, 0) is 6.54 Å². The molecular formula is C14H20N4. The number of nitriles is 1. The van der Waals surface area contributed by atoms with Gasteiger partial charge in [0, 0.05) is 38.8 Å². The van der Waals surface area contributed by atoms with Crippen molar-refractivity contribution in [3.05, 3.63) is 35.4 Å². The molecule has 0 aromatic heterocycles. The summed E-state index contributed by atoms with van der Waals surface area (Å²) < 4.78 is 0. The lowest BCUT2D eigenvalue weighted by molar-refractivity contribution is 0.0880. The molecule has 2 N–H and O–H groups in total. The highest BCUT2D eigenvalue weighted by molar-refractivity contribution is 5.37. The molecule has 4 nitrogen and oxygen atoms in total. The fourth-order valence-corrected chi connectivity index (χ4v) is 2.47. The molecule has 1 aromatic rings. The van der Waals surface area contributed by atoms with Crippen molar-refractivity contribution in [2.45, 2.75) is 12.6 Å². The van der Waals surface area contributed by atoms with E-state index in [0.29, 0.717) is 12.6 Å². The van der Waals surface area contributed by atoms with Gasteiger partial charge < -0.3 is 10.6 Å². The number of hydrogen-bond donors (Lipinski definition) is 1. The highest BCUT2D eigenvalue weighted by Gasteiger charge is 2.24. The number of nitrogens with two attached hydrogens (primary N) is 1. The molecule has 4 heteroatoms. The summed E-state index contributed by atoms with van der Waals surface area (Å²) in [6, 6.07) is 10.5. The minimum Gasteiger partial charge on any atom is -0.329 e. The van der Waals surface area contributed by atoms with Crippen LogP contribution in [-0.4, -0.2) is 49.1 Å². The minimum atomic E-state index is 0.385. The van der Waals surface area contributed by atoms with E-state index in [1.54, 1.807) is 0 Å². The van der Waals surface area contributed by atoms with Gasteiger partial charge in [-0.15, -0.1) is 0 Å². The van der Waals surface area contributed by atoms with Gasteiger partial charge in [0.1, 0.15) is 0 Å². The Kier molecular flexibility index (Phi) is 4.32. The fourth-order valence-electron chi connectivity index (χ4n) is 2.47. The van der Waals surface area contributed by atoms with Crippen LogP contribution in [0.25, 0.3) is 0 Å². The third kappa shape index (κ3) is 2.88. The monoisotopic (exact) mass is 244 g/mol. The van der Waals surface area contributed by atoms with Gasteiger partial charge in [0.05, 0.1) is 11.6 Å². The van der Waals surface area contributed by atoms with Gasteiger partial charge in [-0.05, 0) is 18.7 Å². The quantitative estimate of drug-likeness (QED) is 0.847. The highest BCUT2D eigenvalue weighted by atomic mass is 15.3. The van der Waals surface area contributed by atoms with Crippen LogP contribution in [0, 0.1) is 11.3 Å². The Morgan fingerprint density at radius 3 is 2.89 bits per heavy atom. The Labute approximate surface area is 109 Å². The maximum absolute atomic E-state index is 9.11. The Hall–Kier alpha value is -1.41. The molecule has 1 fully saturated rings. The Morgan fingerprint density at radius 1 is 1.39 bits per heavy atom. The van der Waals surface area contributed by atoms with E-state index in [0.717, 1.165) is 37.3 Å². The molecule has 1 unspecified atom stereocenters. The van der Waals surface area contributed by atoms with Crippen LogP contribution in [0.5, 0.6) is 0 Å². The molecule has 0 bridgehead atoms. The first-order chi connectivity index (χ1) is 8.74. The maximum Gasteiger partial charge on any atom is 0.0995 e. The molecule has 0 radical (unpaired) electrons. The SMILES string of the molecule is CN1CCN(Cc2ccccc2C#N)C(CN)C1. The summed E-state index contributed by atoms with van der Waals surface area (Å²) in [5.74, 6) is 0. The van der Waals surface area contributed by atoms with Gasteiger partial charge in [0.25, 0.3) is 0 Å². The first kappa shape index (κ1) is 13.0. The van der Waals surface area contributed by atoms with Crippen LogP contribution in [0.2, 0.25) is 0 Å². The number of rotatable bonds is 3. The summed E-state index contributed by atoms with van der Waals surface area (Å²) in [6.45, 7) is 4.56. The van der Waals surface area contributed by atoms with Crippen LogP contribution in [0.3, 0.4) is 0 Å². The molecule has 0 aliphatic carbocycles. The van der Waals surface area contributed by atoms with Crippen molar-refractivity contribution in [3.63, 3.8) is 0 Å². The fraction of sp³-hybridized carbons (Fsp3) is 0.500. The molecule has 0 spiro atoms. The van der Waals surface area contributed by atoms with Crippen molar-refractivity contribution in [1.29, 1.82) is 5.26 Å². The lowest BCUT2D eigenvalue weighted by Crippen LogP contribution is -2.54. The number of likely N-dealkylation sites (N-methyl/N-ethyl adjacent to an activating group) is 1. The first-order valence-corrected chi connectivity index (χ1v) is 6.35. The molecule has 1 heterocycles. The molecule has 18 heavy (non-hydrogen) atoms. The van der Waals surface area contributed by atoms with Crippen LogP contribution < -0.4 is 5.73 Å². The average molecular weight is 244 g/mol. The van der Waals surface area contributed by atoms with E-state index in [1.807, 2.05) is 24.3 Å². The molecule has 1 aliphatic heterocycles. The van der Waals surface area contributed by atoms with Crippen molar-refractivity contribution in [1.82, 2.24) is 9.80 Å². The number of hydrogen-bond acceptors (Lipinski definition) is 4. The summed E-state index contributed by atoms with van der Waals surface area (Å²) in [7, 11) is 2.13. The molecule has 2 rings (SSSR count). The van der Waals surface area contributed by atoms with Gasteiger partial charge in [0.15, 0.2) is 0 Å². The summed E-state index contributed by atoms with van der Waals surface area (Å²) >= 11 is 0. The van der Waals surface area contributed by atoms with Crippen LogP contribution in [0.15, 0.2) is 24.3 Å². The van der Waals surface area contributed by atoms with Crippen molar-refractivity contribution in [2.75, 3.05) is 33.2 Å². The second kappa shape index (κ2) is 5.96. The maximum atomic E-state index is 9.11. The Morgan fingerprint density at radius 2 is 2.17 bits per heavy atom. The zero-order chi connectivity index (χ0) is 13.0. The second-order valence-corrected chi connectivity index (χ2v) is 4.89. The van der Waals surface area contributed by atoms with Crippen molar-refractivity contribution < 1.29 is 0 Å². The molecule has 1 aromatic carbocycles. The zero-order valence-corrected chi connectivity index (χ0v) is 10.8. The summed E-state index contributed by atoms with van der Waals surface area (Å²) in [4.78, 5) is 4.69. The number of nitrogens with zero attached hydrogens (tertiary/aromatic N) is 3. The van der Waals surface area contributed by atoms with Crippen LogP contribution >= 0.6 is 0 Å². The summed E-state index contributed by atoms with van der Waals surface area (Å²) in [6.07, 6.45) is 0. The van der Waals surface area contributed by atoms with Crippen molar-refractivity contribution >= 4 is 0 Å². The Balaban J connectivity index is 2.10. The standard InChI is InChI=1S/C14H20N4/c1-17-6-7-18(14(9-16)11-17)10-13-5-3-2-4-12(13)8-15/h2-5,14H,6-7,9-11,16H2,1H3. The van der Waals surface area contributed by atoms with Gasteiger partial charge in [0.2, 0.25) is 0 Å². The molecule has 1 atom stereocenters. The van der Waals surface area contributed by atoms with Gasteiger partial charge in [-0.1, -0.05) is 18.2 Å². The van der Waals surface area contributed by atoms with E-state index in [4.69, 9.17) is 11.0 Å². The van der Waals surface area contributed by atoms with Gasteiger partial charge >= 0.3 is 0 Å². The zero-order valence-electron chi connectivity index (χ0n) is 10.8. The van der Waals surface area contributed by atoms with Crippen LogP contribution in [0.1, 0.15) is 11.1 Å². The van der Waals surface area contributed by atoms with E-state index in [2.05, 4.69) is 22.9 Å². The lowest BCUT2D eigenvalue weighted by atomic mass is 10.1. The predicted molar refractivity (Wildman–Crippen MR) is 71.9 cm³/mol. The van der Waals surface area contributed by atoms with E-state index in [-0.39, 0.29) is 0 Å². The van der Waals surface area contributed by atoms with Crippen molar-refractivity contribution in [2.24, 2.45) is 5.73 Å². The van der Waals surface area contributed by atoms with E-state index < -0.39 is 0 Å². The largest absolute Gasteiger partial charge is 0.329 e. The lowest BCUT2D eigenvalue weighted by Gasteiger charge is -2.39. The average Bonchev–Trinajstić information content (AvgIpc) is 2.41. The normalized spacial score (nSPS) is 21.7. The van der Waals surface area contributed by atoms with Gasteiger partial charge in [-0.3, -0.25) is 4.90 Å². The molecule has 0 amide bonds. The second-order valence-electron chi connectivity index (χ2n) is 4.89. The summed E-state index contributed by atoms with van der Waals surface area (Å²) in [5, 5.41) is 9.11. The molecule has 96 valence electrons. The third-order valence-corrected chi connectivity index (χ3v) is 3.59. The minimum absolute atomic E-state index is 0.385. The topological polar surface area (TPSA) is 56.3 Å². The van der Waals surface area contributed by atoms with E-state index >= 15 is 0 Å². The van der Waals surface area contributed by atoms with Crippen molar-refractivity contribution in [3.8, 4) is 6.07 Å². The molecule has 1 saturated heterocycles. The molecular weight excluding hydrogens is 224 g/mol. The Bertz CT molecular complexity index is 438. The van der Waals surface area contributed by atoms with Crippen LogP contribution in [0.4, 0.5) is 0 Å². The third-order valence-electron chi connectivity index (χ3n) is 3.59. The predicted octanol–water partition coefficient (Wildman–Crippen LogP) is 0.633. The smallest absolute Gasteiger partial charge is 0.0995 e. The highest BCUT2D eigenvalue weighted by Crippen LogP contribution is 2.15. The van der Waals surface area contributed by atoms with E-state index in [1.165, 1.54) is 0 Å². The van der Waals surface area contributed by atoms with Gasteiger partial charge in [-0.25, -0.2) is 0 Å². The molecule has 1 aliphatic rings. The van der Waals surface area contributed by atoms with Gasteiger partial charge in [-0.2, -0.15) is 5.26 Å². The molecule has 0 saturated carbocycles. The first-order valence-electron chi connectivity index (χ1n) is 6.35. The number of benzene rings is 1. The summed E-state index contributed by atoms with van der Waals surface area (Å²) in [5.41, 5.74) is 7.72. The number of piperazine rings is 1.